The Kier molecular flexibility index (Phi) is 6.49. The van der Waals surface area contributed by atoms with Gasteiger partial charge in [0.1, 0.15) is 0 Å². The van der Waals surface area contributed by atoms with Crippen LogP contribution in [0.25, 0.3) is 0 Å². The maximum Gasteiger partial charge on any atom is 0.251 e. The van der Waals surface area contributed by atoms with Crippen LogP contribution in [0.2, 0.25) is 0 Å². The number of rotatable bonds is 7. The summed E-state index contributed by atoms with van der Waals surface area (Å²) < 4.78 is 2.45. The van der Waals surface area contributed by atoms with Crippen LogP contribution in [0.15, 0.2) is 17.1 Å². The maximum atomic E-state index is 11.0. The van der Waals surface area contributed by atoms with Crippen LogP contribution in [0.5, 0.6) is 0 Å². The number of thioether (sulfide) groups is 1. The van der Waals surface area contributed by atoms with Crippen molar-refractivity contribution in [2.45, 2.75) is 32.2 Å². The van der Waals surface area contributed by atoms with Crippen LogP contribution in [0, 0.1) is 4.77 Å². The minimum atomic E-state index is -0.124. The topological polar surface area (TPSA) is 37.8 Å². The highest BCUT2D eigenvalue weighted by atomic mass is 32.2. The second-order valence-corrected chi connectivity index (χ2v) is 5.08. The number of aromatic nitrogens is 2. The summed E-state index contributed by atoms with van der Waals surface area (Å²) in [5.41, 5.74) is -0.124. The third-order valence-electron chi connectivity index (χ3n) is 2.39. The number of aromatic amines is 1. The second kappa shape index (κ2) is 7.68. The Morgan fingerprint density at radius 1 is 1.38 bits per heavy atom. The molecule has 0 aliphatic carbocycles. The summed E-state index contributed by atoms with van der Waals surface area (Å²) in [6, 6.07) is 1.52. The number of nitrogens with zero attached hydrogens (tertiary/aromatic N) is 1. The Hall–Kier alpha value is -0.550. The Labute approximate surface area is 105 Å². The fraction of sp³-hybridized carbons (Fsp3) is 0.636. The number of aryl methyl sites for hydroxylation is 1. The van der Waals surface area contributed by atoms with E-state index in [0.29, 0.717) is 4.77 Å². The van der Waals surface area contributed by atoms with E-state index >= 15 is 0 Å². The van der Waals surface area contributed by atoms with E-state index in [9.17, 15) is 4.79 Å². The molecule has 1 rings (SSSR count). The fourth-order valence-electron chi connectivity index (χ4n) is 1.50. The molecule has 0 aromatic carbocycles. The first-order valence-electron chi connectivity index (χ1n) is 5.53. The molecular formula is C11H18N2OS2. The zero-order valence-electron chi connectivity index (χ0n) is 9.57. The van der Waals surface area contributed by atoms with E-state index in [-0.39, 0.29) is 5.56 Å². The minimum Gasteiger partial charge on any atom is -0.325 e. The first kappa shape index (κ1) is 13.5. The molecule has 0 atom stereocenters. The van der Waals surface area contributed by atoms with Crippen molar-refractivity contribution < 1.29 is 0 Å². The molecule has 0 radical (unpaired) electrons. The van der Waals surface area contributed by atoms with Gasteiger partial charge in [0.05, 0.1) is 0 Å². The molecule has 0 fully saturated rings. The van der Waals surface area contributed by atoms with Crippen molar-refractivity contribution in [3.63, 3.8) is 0 Å². The summed E-state index contributed by atoms with van der Waals surface area (Å²) in [6.45, 7) is 0.898. The molecule has 1 aromatic rings. The molecular weight excluding hydrogens is 240 g/mol. The van der Waals surface area contributed by atoms with E-state index in [0.717, 1.165) is 13.0 Å². The Morgan fingerprint density at radius 2 is 2.12 bits per heavy atom. The van der Waals surface area contributed by atoms with E-state index in [2.05, 4.69) is 11.2 Å². The number of unbranched alkanes of at least 4 members (excludes halogenated alkanes) is 3. The van der Waals surface area contributed by atoms with Crippen LogP contribution < -0.4 is 5.56 Å². The molecule has 3 nitrogen and oxygen atoms in total. The molecule has 0 bridgehead atoms. The fourth-order valence-corrected chi connectivity index (χ4v) is 2.25. The summed E-state index contributed by atoms with van der Waals surface area (Å²) in [5, 5.41) is 0. The van der Waals surface area contributed by atoms with E-state index < -0.39 is 0 Å². The second-order valence-electron chi connectivity index (χ2n) is 3.71. The zero-order valence-corrected chi connectivity index (χ0v) is 11.2. The monoisotopic (exact) mass is 258 g/mol. The summed E-state index contributed by atoms with van der Waals surface area (Å²) in [5.74, 6) is 1.25. The molecule has 0 aliphatic heterocycles. The molecule has 1 heterocycles. The summed E-state index contributed by atoms with van der Waals surface area (Å²) in [7, 11) is 0. The average molecular weight is 258 g/mol. The summed E-state index contributed by atoms with van der Waals surface area (Å²) in [4.78, 5) is 13.6. The molecule has 1 aromatic heterocycles. The van der Waals surface area contributed by atoms with Gasteiger partial charge in [0.25, 0.3) is 5.56 Å². The van der Waals surface area contributed by atoms with Gasteiger partial charge in [0.2, 0.25) is 0 Å². The summed E-state index contributed by atoms with van der Waals surface area (Å²) in [6.07, 6.45) is 8.81. The van der Waals surface area contributed by atoms with E-state index in [1.54, 1.807) is 6.20 Å². The standard InChI is InChI=1S/C11H18N2OS2/c1-16-9-5-3-2-4-7-13-8-6-10(14)12-11(13)15/h6,8H,2-5,7,9H2,1H3,(H,12,14,15). The molecule has 0 saturated carbocycles. The number of H-pyrrole nitrogens is 1. The lowest BCUT2D eigenvalue weighted by Gasteiger charge is -2.05. The van der Waals surface area contributed by atoms with Gasteiger partial charge in [-0.2, -0.15) is 11.8 Å². The van der Waals surface area contributed by atoms with Crippen LogP contribution in [0.1, 0.15) is 25.7 Å². The van der Waals surface area contributed by atoms with E-state index in [1.165, 1.54) is 31.1 Å². The molecule has 16 heavy (non-hydrogen) atoms. The lowest BCUT2D eigenvalue weighted by Crippen LogP contribution is -2.11. The third kappa shape index (κ3) is 4.99. The smallest absolute Gasteiger partial charge is 0.251 e. The Balaban J connectivity index is 2.27. The largest absolute Gasteiger partial charge is 0.325 e. The number of hydrogen-bond acceptors (Lipinski definition) is 3. The van der Waals surface area contributed by atoms with E-state index in [1.807, 2.05) is 16.3 Å². The normalized spacial score (nSPS) is 10.6. The number of nitrogens with one attached hydrogen (secondary N) is 1. The van der Waals surface area contributed by atoms with Gasteiger partial charge >= 0.3 is 0 Å². The maximum absolute atomic E-state index is 11.0. The van der Waals surface area contributed by atoms with Crippen molar-refractivity contribution in [1.82, 2.24) is 9.55 Å². The molecule has 1 N–H and O–H groups in total. The van der Waals surface area contributed by atoms with Gasteiger partial charge in [-0.25, -0.2) is 0 Å². The van der Waals surface area contributed by atoms with Crippen molar-refractivity contribution in [1.29, 1.82) is 0 Å². The van der Waals surface area contributed by atoms with Crippen LogP contribution in [-0.2, 0) is 6.54 Å². The first-order chi connectivity index (χ1) is 7.74. The van der Waals surface area contributed by atoms with Crippen molar-refractivity contribution in [2.75, 3.05) is 12.0 Å². The molecule has 90 valence electrons. The van der Waals surface area contributed by atoms with Gasteiger partial charge in [-0.1, -0.05) is 12.8 Å². The van der Waals surface area contributed by atoms with Crippen molar-refractivity contribution >= 4 is 24.0 Å². The van der Waals surface area contributed by atoms with Crippen LogP contribution in [0.3, 0.4) is 0 Å². The lowest BCUT2D eigenvalue weighted by molar-refractivity contribution is 0.569. The van der Waals surface area contributed by atoms with Gasteiger partial charge in [-0.15, -0.1) is 0 Å². The van der Waals surface area contributed by atoms with Crippen molar-refractivity contribution in [3.8, 4) is 0 Å². The summed E-state index contributed by atoms with van der Waals surface area (Å²) >= 11 is 6.96. The highest BCUT2D eigenvalue weighted by molar-refractivity contribution is 7.98. The van der Waals surface area contributed by atoms with Crippen LogP contribution in [-0.4, -0.2) is 21.6 Å². The average Bonchev–Trinajstić information content (AvgIpc) is 2.26. The van der Waals surface area contributed by atoms with Gasteiger partial charge < -0.3 is 4.57 Å². The number of hydrogen-bond donors (Lipinski definition) is 1. The molecule has 5 heteroatoms. The van der Waals surface area contributed by atoms with Crippen molar-refractivity contribution in [3.05, 3.63) is 27.4 Å². The highest BCUT2D eigenvalue weighted by Gasteiger charge is 1.94. The molecule has 0 saturated heterocycles. The third-order valence-corrected chi connectivity index (χ3v) is 3.43. The van der Waals surface area contributed by atoms with Gasteiger partial charge in [0, 0.05) is 18.8 Å². The predicted molar refractivity (Wildman–Crippen MR) is 72.7 cm³/mol. The lowest BCUT2D eigenvalue weighted by atomic mass is 10.2. The zero-order chi connectivity index (χ0) is 11.8. The van der Waals surface area contributed by atoms with Gasteiger partial charge in [0.15, 0.2) is 4.77 Å². The SMILES string of the molecule is CSCCCCCCn1ccc(=O)[nH]c1=S. The Bertz CT molecular complexity index is 411. The van der Waals surface area contributed by atoms with E-state index in [4.69, 9.17) is 12.2 Å². The highest BCUT2D eigenvalue weighted by Crippen LogP contribution is 2.05. The van der Waals surface area contributed by atoms with Crippen molar-refractivity contribution in [2.24, 2.45) is 0 Å². The first-order valence-corrected chi connectivity index (χ1v) is 7.33. The van der Waals surface area contributed by atoms with Crippen LogP contribution in [0.4, 0.5) is 0 Å². The molecule has 0 unspecified atom stereocenters. The molecule has 0 amide bonds. The van der Waals surface area contributed by atoms with Gasteiger partial charge in [-0.05, 0) is 37.1 Å². The van der Waals surface area contributed by atoms with Crippen LogP contribution >= 0.6 is 24.0 Å². The molecule has 0 spiro atoms. The predicted octanol–water partition coefficient (Wildman–Crippen LogP) is 2.83. The quantitative estimate of drug-likeness (QED) is 0.603. The van der Waals surface area contributed by atoms with Gasteiger partial charge in [-0.3, -0.25) is 9.78 Å². The Morgan fingerprint density at radius 3 is 2.81 bits per heavy atom. The minimum absolute atomic E-state index is 0.124. The molecule has 0 aliphatic rings.